The highest BCUT2D eigenvalue weighted by Crippen LogP contribution is 2.40. The Morgan fingerprint density at radius 2 is 2.19 bits per heavy atom. The lowest BCUT2D eigenvalue weighted by Gasteiger charge is -2.49. The van der Waals surface area contributed by atoms with Crippen molar-refractivity contribution in [1.29, 1.82) is 0 Å². The molecule has 0 saturated carbocycles. The average Bonchev–Trinajstić information content (AvgIpc) is 3.50. The predicted octanol–water partition coefficient (Wildman–Crippen LogP) is -0.884. The van der Waals surface area contributed by atoms with Gasteiger partial charge in [-0.3, -0.25) is 19.5 Å². The Kier molecular flexibility index (Phi) is 7.86. The number of halogens is 1. The molecule has 4 rings (SSSR count). The molecule has 0 spiro atoms. The van der Waals surface area contributed by atoms with Crippen LogP contribution in [0.25, 0.3) is 0 Å². The highest BCUT2D eigenvalue weighted by atomic mass is 32.2. The maximum absolute atomic E-state index is 12.9. The molecular formula is C19H23FN10O5S2. The van der Waals surface area contributed by atoms with Crippen molar-refractivity contribution in [3.8, 4) is 0 Å². The van der Waals surface area contributed by atoms with Crippen molar-refractivity contribution in [2.24, 2.45) is 15.2 Å². The second-order valence-corrected chi connectivity index (χ2v) is 9.53. The van der Waals surface area contributed by atoms with Crippen molar-refractivity contribution in [2.75, 3.05) is 45.0 Å². The second-order valence-electron chi connectivity index (χ2n) is 7.65. The van der Waals surface area contributed by atoms with E-state index in [-0.39, 0.29) is 22.4 Å². The highest BCUT2D eigenvalue weighted by molar-refractivity contribution is 8.00. The minimum Gasteiger partial charge on any atom is -0.477 e. The van der Waals surface area contributed by atoms with Crippen LogP contribution in [0.15, 0.2) is 26.5 Å². The van der Waals surface area contributed by atoms with Crippen LogP contribution >= 0.6 is 23.3 Å². The number of nitrogens with zero attached hydrogens (tertiary/aromatic N) is 8. The average molecular weight is 555 g/mol. The van der Waals surface area contributed by atoms with Gasteiger partial charge < -0.3 is 25.9 Å². The third kappa shape index (κ3) is 5.06. The van der Waals surface area contributed by atoms with Gasteiger partial charge in [0, 0.05) is 43.0 Å². The highest BCUT2D eigenvalue weighted by Gasteiger charge is 2.54. The summed E-state index contributed by atoms with van der Waals surface area (Å²) in [6.07, 6.45) is 1.42. The number of thioether (sulfide) groups is 1. The van der Waals surface area contributed by atoms with Gasteiger partial charge in [0.05, 0.1) is 12.8 Å². The standard InChI is InChI=1S/C19H23FN10O5S2/c1-3-28-4-5-29(19(28)22-2)23-6-9-7-36-16-11(15(32)30(16)12(9)17(33)34)24-14(31)10(26-35-8-20)13-25-18(21)37-27-13/h6,11,16H,3-5,7-8H2,1-2H3,(H,24,31)(H,33,34)(H2,21,25,27)/b22-19?,23-6?,26-10-/t11?,16-/m1/s1. The molecule has 2 amide bonds. The first-order chi connectivity index (χ1) is 17.8. The summed E-state index contributed by atoms with van der Waals surface area (Å²) in [5.41, 5.74) is 5.20. The zero-order chi connectivity index (χ0) is 26.7. The van der Waals surface area contributed by atoms with Crippen LogP contribution in [0, 0.1) is 0 Å². The summed E-state index contributed by atoms with van der Waals surface area (Å²) in [4.78, 5) is 53.4. The van der Waals surface area contributed by atoms with Crippen LogP contribution in [-0.4, -0.2) is 116 Å². The van der Waals surface area contributed by atoms with Gasteiger partial charge in [0.2, 0.25) is 17.5 Å². The lowest BCUT2D eigenvalue weighted by Crippen LogP contribution is -2.71. The minimum absolute atomic E-state index is 0.0450. The van der Waals surface area contributed by atoms with Crippen LogP contribution in [-0.2, 0) is 19.2 Å². The number of carbonyl (C=O) groups excluding carboxylic acids is 2. The van der Waals surface area contributed by atoms with Crippen molar-refractivity contribution >= 4 is 64.1 Å². The van der Waals surface area contributed by atoms with Gasteiger partial charge in [-0.2, -0.15) is 14.5 Å². The number of hydrazone groups is 1. The molecule has 0 aliphatic carbocycles. The number of oxime groups is 1. The van der Waals surface area contributed by atoms with Crippen molar-refractivity contribution in [3.63, 3.8) is 0 Å². The van der Waals surface area contributed by atoms with Crippen LogP contribution in [0.1, 0.15) is 12.7 Å². The van der Waals surface area contributed by atoms with Gasteiger partial charge in [0.25, 0.3) is 18.7 Å². The van der Waals surface area contributed by atoms with E-state index >= 15 is 0 Å². The van der Waals surface area contributed by atoms with E-state index in [4.69, 9.17) is 5.73 Å². The number of β-lactam (4-membered cyclic amide) rings is 1. The number of nitrogen functional groups attached to an aromatic ring is 1. The molecule has 2 fully saturated rings. The fourth-order valence-electron chi connectivity index (χ4n) is 3.94. The van der Waals surface area contributed by atoms with E-state index in [1.165, 1.54) is 18.0 Å². The Morgan fingerprint density at radius 3 is 2.81 bits per heavy atom. The Morgan fingerprint density at radius 1 is 1.41 bits per heavy atom. The van der Waals surface area contributed by atoms with Gasteiger partial charge in [-0.15, -0.1) is 11.8 Å². The smallest absolute Gasteiger partial charge is 0.353 e. The molecule has 1 unspecified atom stereocenters. The quantitative estimate of drug-likeness (QED) is 0.195. The summed E-state index contributed by atoms with van der Waals surface area (Å²) in [6.45, 7) is 2.78. The Labute approximate surface area is 218 Å². The number of carbonyl (C=O) groups is 3. The van der Waals surface area contributed by atoms with Crippen LogP contribution < -0.4 is 11.1 Å². The molecule has 3 aliphatic rings. The van der Waals surface area contributed by atoms with Gasteiger partial charge in [0.15, 0.2) is 5.13 Å². The number of rotatable bonds is 9. The summed E-state index contributed by atoms with van der Waals surface area (Å²) in [6, 6.07) is -1.06. The summed E-state index contributed by atoms with van der Waals surface area (Å²) in [5.74, 6) is -2.14. The molecule has 198 valence electrons. The number of nitrogens with two attached hydrogens (primary N) is 1. The Hall–Kier alpha value is -3.80. The summed E-state index contributed by atoms with van der Waals surface area (Å²) in [5, 5.41) is 21.2. The number of aliphatic imine (C=N–C) groups is 1. The molecular weight excluding hydrogens is 531 g/mol. The van der Waals surface area contributed by atoms with Crippen LogP contribution in [0.3, 0.4) is 0 Å². The van der Waals surface area contributed by atoms with Gasteiger partial charge >= 0.3 is 5.97 Å². The fraction of sp³-hybridized carbons (Fsp3) is 0.474. The lowest BCUT2D eigenvalue weighted by atomic mass is 10.0. The molecule has 1 aromatic rings. The molecule has 1 aromatic heterocycles. The lowest BCUT2D eigenvalue weighted by molar-refractivity contribution is -0.150. The van der Waals surface area contributed by atoms with E-state index in [9.17, 15) is 23.9 Å². The third-order valence-electron chi connectivity index (χ3n) is 5.59. The molecule has 37 heavy (non-hydrogen) atoms. The summed E-state index contributed by atoms with van der Waals surface area (Å²) < 4.78 is 16.3. The van der Waals surface area contributed by atoms with Crippen LogP contribution in [0.5, 0.6) is 0 Å². The van der Waals surface area contributed by atoms with E-state index in [1.807, 2.05) is 11.8 Å². The van der Waals surface area contributed by atoms with Crippen molar-refractivity contribution < 1.29 is 28.7 Å². The Balaban J connectivity index is 1.51. The zero-order valence-electron chi connectivity index (χ0n) is 19.7. The zero-order valence-corrected chi connectivity index (χ0v) is 21.3. The predicted molar refractivity (Wildman–Crippen MR) is 133 cm³/mol. The van der Waals surface area contributed by atoms with E-state index in [2.05, 4.69) is 34.8 Å². The molecule has 15 nitrogen and oxygen atoms in total. The number of hydrogen-bond donors (Lipinski definition) is 3. The SMILES string of the molecule is CCN1CCN(N=CC2=C(C(=O)O)N3C(=O)C(NC(=O)/C(=N\OCF)c4nsc(N)n4)[C@H]3SC2)C1=NC. The molecule has 0 radical (unpaired) electrons. The second kappa shape index (κ2) is 11.1. The Bertz CT molecular complexity index is 1220. The molecule has 3 aliphatic heterocycles. The normalized spacial score (nSPS) is 23.1. The molecule has 18 heteroatoms. The monoisotopic (exact) mass is 554 g/mol. The van der Waals surface area contributed by atoms with Crippen LogP contribution in [0.4, 0.5) is 9.52 Å². The van der Waals surface area contributed by atoms with Crippen molar-refractivity contribution in [3.05, 3.63) is 17.1 Å². The first-order valence-electron chi connectivity index (χ1n) is 10.9. The van der Waals surface area contributed by atoms with E-state index in [0.717, 1.165) is 29.5 Å². The number of likely N-dealkylation sites (N-methyl/N-ethyl adjacent to an activating group) is 1. The molecule has 4 N–H and O–H groups in total. The number of alkyl halides is 1. The summed E-state index contributed by atoms with van der Waals surface area (Å²) in [7, 11) is 1.65. The van der Waals surface area contributed by atoms with E-state index in [1.54, 1.807) is 12.1 Å². The van der Waals surface area contributed by atoms with E-state index in [0.29, 0.717) is 18.1 Å². The molecule has 2 atom stereocenters. The number of guanidine groups is 1. The molecule has 0 aromatic carbocycles. The van der Waals surface area contributed by atoms with Gasteiger partial charge in [-0.25, -0.2) is 14.2 Å². The van der Waals surface area contributed by atoms with Crippen molar-refractivity contribution in [2.45, 2.75) is 18.3 Å². The van der Waals surface area contributed by atoms with Crippen LogP contribution in [0.2, 0.25) is 0 Å². The van der Waals surface area contributed by atoms with Gasteiger partial charge in [-0.05, 0) is 6.92 Å². The van der Waals surface area contributed by atoms with E-state index < -0.39 is 41.8 Å². The van der Waals surface area contributed by atoms with Gasteiger partial charge in [0.1, 0.15) is 17.1 Å². The maximum Gasteiger partial charge on any atom is 0.353 e. The first-order valence-corrected chi connectivity index (χ1v) is 12.7. The molecule has 4 heterocycles. The minimum atomic E-state index is -1.30. The van der Waals surface area contributed by atoms with Gasteiger partial charge in [-0.1, -0.05) is 5.16 Å². The molecule has 0 bridgehead atoms. The fourth-order valence-corrected chi connectivity index (χ4v) is 5.67. The summed E-state index contributed by atoms with van der Waals surface area (Å²) >= 11 is 2.05. The number of carboxylic acids is 1. The molecule has 2 saturated heterocycles. The maximum atomic E-state index is 12.9. The number of aliphatic carboxylic acids is 1. The number of carboxylic acid groups (broad SMARTS) is 1. The largest absolute Gasteiger partial charge is 0.477 e. The number of fused-ring (bicyclic) bond motifs is 1. The topological polar surface area (TPSA) is 191 Å². The first kappa shape index (κ1) is 26.3. The number of aromatic nitrogens is 2. The number of amides is 2. The number of nitrogens with one attached hydrogen (secondary N) is 1. The third-order valence-corrected chi connectivity index (χ3v) is 7.44. The number of hydrogen-bond acceptors (Lipinski definition) is 12. The van der Waals surface area contributed by atoms with Crippen molar-refractivity contribution in [1.82, 2.24) is 29.5 Å². The number of anilines is 1.